The van der Waals surface area contributed by atoms with Crippen LogP contribution < -0.4 is 5.09 Å². The zero-order chi connectivity index (χ0) is 11.4. The first-order valence-electron chi connectivity index (χ1n) is 5.13. The molecular weight excluding hydrogens is 197 g/mol. The maximum atomic E-state index is 11.9. The zero-order valence-electron chi connectivity index (χ0n) is 9.83. The number of carbonyl (C=O) groups excluding carboxylic acids is 1. The normalized spacial score (nSPS) is 15.6. The van der Waals surface area contributed by atoms with Gasteiger partial charge >= 0.3 is 0 Å². The van der Waals surface area contributed by atoms with Crippen LogP contribution in [-0.2, 0) is 9.36 Å². The molecule has 1 atom stereocenters. The number of rotatable bonds is 5. The molecule has 0 aromatic carbocycles. The summed E-state index contributed by atoms with van der Waals surface area (Å²) < 4.78 is 11.9. The largest absolute Gasteiger partial charge is 0.307 e. The molecule has 0 bridgehead atoms. The van der Waals surface area contributed by atoms with Gasteiger partial charge in [-0.25, -0.2) is 0 Å². The van der Waals surface area contributed by atoms with E-state index in [1.807, 2.05) is 0 Å². The minimum atomic E-state index is -2.46. The summed E-state index contributed by atoms with van der Waals surface area (Å²) in [5, 5.41) is 2.63. The molecule has 1 N–H and O–H groups in total. The molecule has 0 heterocycles. The van der Waals surface area contributed by atoms with Gasteiger partial charge in [0.2, 0.25) is 5.91 Å². The Morgan fingerprint density at radius 2 is 1.79 bits per heavy atom. The second-order valence-corrected chi connectivity index (χ2v) is 7.51. The summed E-state index contributed by atoms with van der Waals surface area (Å²) in [7, 11) is -2.46. The molecule has 0 aliphatic carbocycles. The summed E-state index contributed by atoms with van der Waals surface area (Å²) in [6.45, 7) is 9.43. The summed E-state index contributed by atoms with van der Waals surface area (Å²) in [6, 6.07) is 0. The van der Waals surface area contributed by atoms with E-state index in [1.165, 1.54) is 0 Å². The van der Waals surface area contributed by atoms with Gasteiger partial charge in [0.1, 0.15) is 0 Å². The number of amides is 1. The zero-order valence-corrected chi connectivity index (χ0v) is 10.7. The van der Waals surface area contributed by atoms with Crippen LogP contribution in [0.2, 0.25) is 0 Å². The van der Waals surface area contributed by atoms with Crippen LogP contribution in [0, 0.1) is 11.8 Å². The van der Waals surface area contributed by atoms with Gasteiger partial charge in [-0.15, -0.1) is 0 Å². The van der Waals surface area contributed by atoms with Crippen molar-refractivity contribution in [3.05, 3.63) is 0 Å². The average molecular weight is 219 g/mol. The molecule has 14 heavy (non-hydrogen) atoms. The Bertz CT molecular complexity index is 236. The molecule has 0 aromatic rings. The van der Waals surface area contributed by atoms with Crippen molar-refractivity contribution in [2.24, 2.45) is 11.8 Å². The van der Waals surface area contributed by atoms with Gasteiger partial charge in [0.05, 0.1) is 0 Å². The van der Waals surface area contributed by atoms with Crippen LogP contribution >= 0.6 is 7.29 Å². The number of hydrogen-bond donors (Lipinski definition) is 1. The smallest absolute Gasteiger partial charge is 0.227 e. The van der Waals surface area contributed by atoms with Crippen molar-refractivity contribution >= 4 is 13.2 Å². The highest BCUT2D eigenvalue weighted by molar-refractivity contribution is 7.61. The molecule has 3 nitrogen and oxygen atoms in total. The molecule has 0 aliphatic heterocycles. The molecule has 0 aromatic heterocycles. The van der Waals surface area contributed by atoms with Gasteiger partial charge < -0.3 is 9.65 Å². The third-order valence-electron chi connectivity index (χ3n) is 2.00. The van der Waals surface area contributed by atoms with Gasteiger partial charge in [-0.2, -0.15) is 0 Å². The van der Waals surface area contributed by atoms with E-state index in [9.17, 15) is 9.36 Å². The molecule has 0 saturated carbocycles. The Balaban J connectivity index is 4.08. The third kappa shape index (κ3) is 6.20. The number of nitrogens with one attached hydrogen (secondary N) is 1. The van der Waals surface area contributed by atoms with Crippen LogP contribution in [-0.4, -0.2) is 18.7 Å². The molecular formula is C10H22NO2P. The molecule has 0 saturated heterocycles. The van der Waals surface area contributed by atoms with E-state index in [1.54, 1.807) is 20.5 Å². The second kappa shape index (κ2) is 5.55. The Labute approximate surface area is 87.1 Å². The molecule has 1 amide bonds. The SMILES string of the molecule is CC(C)CCP(C)(=O)NC(=O)C(C)C. The highest BCUT2D eigenvalue weighted by atomic mass is 31.2. The van der Waals surface area contributed by atoms with E-state index in [2.05, 4.69) is 18.9 Å². The predicted octanol–water partition coefficient (Wildman–Crippen LogP) is 2.71. The van der Waals surface area contributed by atoms with E-state index in [-0.39, 0.29) is 11.8 Å². The summed E-state index contributed by atoms with van der Waals surface area (Å²) in [4.78, 5) is 11.3. The van der Waals surface area contributed by atoms with Crippen LogP contribution in [0.4, 0.5) is 0 Å². The third-order valence-corrected chi connectivity index (χ3v) is 3.81. The van der Waals surface area contributed by atoms with E-state index < -0.39 is 7.29 Å². The fraction of sp³-hybridized carbons (Fsp3) is 0.900. The van der Waals surface area contributed by atoms with Crippen molar-refractivity contribution < 1.29 is 9.36 Å². The molecule has 1 unspecified atom stereocenters. The summed E-state index contributed by atoms with van der Waals surface area (Å²) >= 11 is 0. The van der Waals surface area contributed by atoms with Gasteiger partial charge in [-0.1, -0.05) is 27.7 Å². The molecule has 0 radical (unpaired) electrons. The Hall–Kier alpha value is -0.300. The topological polar surface area (TPSA) is 46.2 Å². The highest BCUT2D eigenvalue weighted by Crippen LogP contribution is 2.37. The Kier molecular flexibility index (Phi) is 5.43. The van der Waals surface area contributed by atoms with E-state index in [0.29, 0.717) is 12.1 Å². The Morgan fingerprint density at radius 1 is 1.29 bits per heavy atom. The van der Waals surface area contributed by atoms with E-state index >= 15 is 0 Å². The fourth-order valence-electron chi connectivity index (χ4n) is 0.923. The first-order valence-corrected chi connectivity index (χ1v) is 7.47. The molecule has 4 heteroatoms. The van der Waals surface area contributed by atoms with Gasteiger partial charge in [0.25, 0.3) is 0 Å². The van der Waals surface area contributed by atoms with Crippen molar-refractivity contribution in [3.8, 4) is 0 Å². The van der Waals surface area contributed by atoms with E-state index in [0.717, 1.165) is 6.42 Å². The fourth-order valence-corrected chi connectivity index (χ4v) is 2.77. The lowest BCUT2D eigenvalue weighted by atomic mass is 10.2. The Morgan fingerprint density at radius 3 is 2.14 bits per heavy atom. The number of carbonyl (C=O) groups is 1. The van der Waals surface area contributed by atoms with Crippen LogP contribution in [0.15, 0.2) is 0 Å². The molecule has 84 valence electrons. The minimum absolute atomic E-state index is 0.0951. The lowest BCUT2D eigenvalue weighted by Crippen LogP contribution is -2.26. The van der Waals surface area contributed by atoms with Crippen molar-refractivity contribution in [1.82, 2.24) is 5.09 Å². The minimum Gasteiger partial charge on any atom is -0.307 e. The first-order chi connectivity index (χ1) is 6.24. The van der Waals surface area contributed by atoms with Gasteiger partial charge in [-0.3, -0.25) is 4.79 Å². The maximum Gasteiger partial charge on any atom is 0.227 e. The summed E-state index contributed by atoms with van der Waals surface area (Å²) in [5.74, 6) is 0.321. The van der Waals surface area contributed by atoms with Crippen LogP contribution in [0.5, 0.6) is 0 Å². The van der Waals surface area contributed by atoms with Gasteiger partial charge in [-0.05, 0) is 12.3 Å². The molecule has 0 fully saturated rings. The molecule has 0 rings (SSSR count). The van der Waals surface area contributed by atoms with Gasteiger partial charge in [0.15, 0.2) is 7.29 Å². The summed E-state index contributed by atoms with van der Waals surface area (Å²) in [5.41, 5.74) is 0. The highest BCUT2D eigenvalue weighted by Gasteiger charge is 2.19. The van der Waals surface area contributed by atoms with E-state index in [4.69, 9.17) is 0 Å². The summed E-state index contributed by atoms with van der Waals surface area (Å²) in [6.07, 6.45) is 1.50. The van der Waals surface area contributed by atoms with Crippen molar-refractivity contribution in [2.75, 3.05) is 12.8 Å². The van der Waals surface area contributed by atoms with Crippen LogP contribution in [0.25, 0.3) is 0 Å². The van der Waals surface area contributed by atoms with Crippen molar-refractivity contribution in [3.63, 3.8) is 0 Å². The van der Waals surface area contributed by atoms with Crippen molar-refractivity contribution in [1.29, 1.82) is 0 Å². The molecule has 0 spiro atoms. The average Bonchev–Trinajstić information content (AvgIpc) is 2.00. The van der Waals surface area contributed by atoms with Crippen LogP contribution in [0.3, 0.4) is 0 Å². The quantitative estimate of drug-likeness (QED) is 0.722. The maximum absolute atomic E-state index is 11.9. The second-order valence-electron chi connectivity index (χ2n) is 4.64. The predicted molar refractivity (Wildman–Crippen MR) is 60.8 cm³/mol. The first kappa shape index (κ1) is 13.7. The standard InChI is InChI=1S/C10H22NO2P/c1-8(2)6-7-14(5,13)11-10(12)9(3)4/h8-9H,6-7H2,1-5H3,(H,11,12,13). The van der Waals surface area contributed by atoms with Crippen molar-refractivity contribution in [2.45, 2.75) is 34.1 Å². The lowest BCUT2D eigenvalue weighted by Gasteiger charge is -2.17. The lowest BCUT2D eigenvalue weighted by molar-refractivity contribution is -0.122. The van der Waals surface area contributed by atoms with Gasteiger partial charge in [0, 0.05) is 18.7 Å². The number of hydrogen-bond acceptors (Lipinski definition) is 2. The molecule has 0 aliphatic rings. The monoisotopic (exact) mass is 219 g/mol. The van der Waals surface area contributed by atoms with Crippen LogP contribution in [0.1, 0.15) is 34.1 Å².